The number of carbonyl (C=O) groups is 1. The average molecular weight is 464 g/mol. The normalized spacial score (nSPS) is 12.3. The summed E-state index contributed by atoms with van der Waals surface area (Å²) in [6, 6.07) is 22.4. The van der Waals surface area contributed by atoms with Crippen molar-refractivity contribution in [2.45, 2.75) is 13.5 Å². The lowest BCUT2D eigenvalue weighted by Crippen LogP contribution is -2.29. The van der Waals surface area contributed by atoms with Gasteiger partial charge in [0, 0.05) is 29.5 Å². The zero-order valence-corrected chi connectivity index (χ0v) is 19.1. The summed E-state index contributed by atoms with van der Waals surface area (Å²) in [5.74, 6) is 0.522. The minimum atomic E-state index is -0.545. The van der Waals surface area contributed by atoms with Gasteiger partial charge in [0.05, 0.1) is 19.3 Å². The van der Waals surface area contributed by atoms with Crippen LogP contribution in [0, 0.1) is 0 Å². The molecule has 1 amide bonds. The first kappa shape index (κ1) is 20.9. The predicted molar refractivity (Wildman–Crippen MR) is 132 cm³/mol. The van der Waals surface area contributed by atoms with Crippen molar-refractivity contribution in [2.75, 3.05) is 12.0 Å². The van der Waals surface area contributed by atoms with E-state index in [0.29, 0.717) is 29.3 Å². The Morgan fingerprint density at radius 2 is 1.74 bits per heavy atom. The van der Waals surface area contributed by atoms with E-state index in [1.807, 2.05) is 54.6 Å². The number of para-hydroxylation sites is 1. The van der Waals surface area contributed by atoms with Crippen molar-refractivity contribution in [3.05, 3.63) is 88.8 Å². The lowest BCUT2D eigenvalue weighted by molar-refractivity contribution is -0.116. The van der Waals surface area contributed by atoms with Crippen LogP contribution in [0.2, 0.25) is 0 Å². The molecule has 6 rings (SSSR count). The van der Waals surface area contributed by atoms with Crippen LogP contribution < -0.4 is 15.3 Å². The number of hydrogen-bond donors (Lipinski definition) is 0. The molecular weight excluding hydrogens is 444 g/mol. The SMILES string of the molecule is COc1ccc2cc(-n3nnc4c3-c3ccccc3CN(C(C)=O)c3ccccc3-4)c(=O)oc2c1. The summed E-state index contributed by atoms with van der Waals surface area (Å²) in [7, 11) is 1.56. The van der Waals surface area contributed by atoms with Gasteiger partial charge in [-0.15, -0.1) is 5.10 Å². The number of aromatic nitrogens is 3. The Bertz CT molecular complexity index is 1680. The van der Waals surface area contributed by atoms with Gasteiger partial charge in [-0.1, -0.05) is 47.7 Å². The van der Waals surface area contributed by atoms with Crippen molar-refractivity contribution in [3.63, 3.8) is 0 Å². The summed E-state index contributed by atoms with van der Waals surface area (Å²) in [4.78, 5) is 27.5. The zero-order chi connectivity index (χ0) is 24.1. The van der Waals surface area contributed by atoms with Crippen LogP contribution in [0.4, 0.5) is 5.69 Å². The molecular formula is C27H20N4O4. The highest BCUT2D eigenvalue weighted by molar-refractivity contribution is 5.99. The molecule has 8 nitrogen and oxygen atoms in total. The Labute approximate surface area is 200 Å². The molecule has 35 heavy (non-hydrogen) atoms. The first-order chi connectivity index (χ1) is 17.0. The second-order valence-electron chi connectivity index (χ2n) is 8.30. The highest BCUT2D eigenvalue weighted by Gasteiger charge is 2.29. The molecule has 0 radical (unpaired) electrons. The van der Waals surface area contributed by atoms with Crippen LogP contribution >= 0.6 is 0 Å². The maximum atomic E-state index is 13.1. The van der Waals surface area contributed by atoms with Gasteiger partial charge in [-0.2, -0.15) is 0 Å². The van der Waals surface area contributed by atoms with Crippen molar-refractivity contribution in [1.82, 2.24) is 15.0 Å². The van der Waals surface area contributed by atoms with Crippen LogP contribution in [0.25, 0.3) is 39.2 Å². The molecule has 172 valence electrons. The molecule has 5 aromatic rings. The molecule has 0 aliphatic carbocycles. The van der Waals surface area contributed by atoms with E-state index in [-0.39, 0.29) is 11.6 Å². The quantitative estimate of drug-likeness (QED) is 0.355. The number of carbonyl (C=O) groups excluding carboxylic acids is 1. The largest absolute Gasteiger partial charge is 0.497 e. The standard InChI is InChI=1S/C27H20N4O4/c1-16(32)30-15-18-7-3-4-8-20(18)26-25(21-9-5-6-10-22(21)30)28-29-31(26)23-13-17-11-12-19(34-2)14-24(17)35-27(23)33/h3-14H,15H2,1-2H3. The number of ether oxygens (including phenoxy) is 1. The van der Waals surface area contributed by atoms with E-state index >= 15 is 0 Å². The molecule has 0 saturated heterocycles. The number of nitrogens with zero attached hydrogens (tertiary/aromatic N) is 4. The van der Waals surface area contributed by atoms with Gasteiger partial charge in [-0.3, -0.25) is 4.79 Å². The Hall–Kier alpha value is -4.72. The number of rotatable bonds is 2. The Morgan fingerprint density at radius 3 is 2.54 bits per heavy atom. The van der Waals surface area contributed by atoms with Gasteiger partial charge in [0.15, 0.2) is 5.69 Å². The molecule has 1 aliphatic heterocycles. The van der Waals surface area contributed by atoms with Crippen molar-refractivity contribution < 1.29 is 13.9 Å². The molecule has 0 N–H and O–H groups in total. The molecule has 0 atom stereocenters. The molecule has 0 fully saturated rings. The van der Waals surface area contributed by atoms with Crippen molar-refractivity contribution in [1.29, 1.82) is 0 Å². The zero-order valence-electron chi connectivity index (χ0n) is 19.1. The van der Waals surface area contributed by atoms with Gasteiger partial charge in [0.1, 0.15) is 22.7 Å². The molecule has 0 unspecified atom stereocenters. The fourth-order valence-electron chi connectivity index (χ4n) is 4.56. The summed E-state index contributed by atoms with van der Waals surface area (Å²) in [5.41, 5.74) is 4.60. The van der Waals surface area contributed by atoms with E-state index in [1.165, 1.54) is 4.68 Å². The summed E-state index contributed by atoms with van der Waals surface area (Å²) < 4.78 is 12.4. The lowest BCUT2D eigenvalue weighted by Gasteiger charge is -2.27. The summed E-state index contributed by atoms with van der Waals surface area (Å²) in [5, 5.41) is 9.62. The molecule has 0 bridgehead atoms. The van der Waals surface area contributed by atoms with E-state index in [9.17, 15) is 9.59 Å². The van der Waals surface area contributed by atoms with Crippen LogP contribution in [0.3, 0.4) is 0 Å². The van der Waals surface area contributed by atoms with Gasteiger partial charge in [0.2, 0.25) is 5.91 Å². The fraction of sp³-hybridized carbons (Fsp3) is 0.111. The molecule has 8 heteroatoms. The third-order valence-electron chi connectivity index (χ3n) is 6.25. The van der Waals surface area contributed by atoms with Crippen LogP contribution in [-0.2, 0) is 11.3 Å². The summed E-state index contributed by atoms with van der Waals surface area (Å²) in [6.45, 7) is 1.92. The molecule has 2 aromatic heterocycles. The highest BCUT2D eigenvalue weighted by Crippen LogP contribution is 2.41. The van der Waals surface area contributed by atoms with Crippen LogP contribution in [-0.4, -0.2) is 28.0 Å². The third kappa shape index (κ3) is 3.30. The topological polar surface area (TPSA) is 90.5 Å². The first-order valence-electron chi connectivity index (χ1n) is 11.1. The lowest BCUT2D eigenvalue weighted by atomic mass is 9.95. The minimum Gasteiger partial charge on any atom is -0.497 e. The maximum Gasteiger partial charge on any atom is 0.362 e. The number of benzene rings is 3. The predicted octanol–water partition coefficient (Wildman–Crippen LogP) is 4.58. The summed E-state index contributed by atoms with van der Waals surface area (Å²) in [6.07, 6.45) is 0. The maximum absolute atomic E-state index is 13.1. The summed E-state index contributed by atoms with van der Waals surface area (Å²) >= 11 is 0. The molecule has 1 aliphatic rings. The van der Waals surface area contributed by atoms with Crippen LogP contribution in [0.1, 0.15) is 12.5 Å². The second-order valence-corrected chi connectivity index (χ2v) is 8.30. The number of anilines is 1. The minimum absolute atomic E-state index is 0.0753. The Morgan fingerprint density at radius 1 is 0.971 bits per heavy atom. The van der Waals surface area contributed by atoms with Crippen LogP contribution in [0.15, 0.2) is 82.0 Å². The molecule has 3 aromatic carbocycles. The van der Waals surface area contributed by atoms with Gasteiger partial charge in [-0.25, -0.2) is 9.48 Å². The van der Waals surface area contributed by atoms with Gasteiger partial charge in [0.25, 0.3) is 0 Å². The van der Waals surface area contributed by atoms with Gasteiger partial charge in [-0.05, 0) is 29.8 Å². The first-order valence-corrected chi connectivity index (χ1v) is 11.1. The number of fused-ring (bicyclic) bond motifs is 6. The monoisotopic (exact) mass is 464 g/mol. The highest BCUT2D eigenvalue weighted by atomic mass is 16.5. The van der Waals surface area contributed by atoms with Crippen molar-refractivity contribution in [3.8, 4) is 34.0 Å². The second kappa shape index (κ2) is 7.95. The third-order valence-corrected chi connectivity index (χ3v) is 6.25. The Kier molecular flexibility index (Phi) is 4.74. The fourth-order valence-corrected chi connectivity index (χ4v) is 4.56. The number of methoxy groups -OCH3 is 1. The molecule has 3 heterocycles. The van der Waals surface area contributed by atoms with Crippen molar-refractivity contribution in [2.24, 2.45) is 0 Å². The number of hydrogen-bond acceptors (Lipinski definition) is 6. The van der Waals surface area contributed by atoms with E-state index in [2.05, 4.69) is 10.3 Å². The Balaban J connectivity index is 1.66. The van der Waals surface area contributed by atoms with Crippen LogP contribution in [0.5, 0.6) is 5.75 Å². The molecule has 0 saturated carbocycles. The van der Waals surface area contributed by atoms with E-state index in [0.717, 1.165) is 27.8 Å². The van der Waals surface area contributed by atoms with E-state index in [1.54, 1.807) is 37.1 Å². The van der Waals surface area contributed by atoms with Gasteiger partial charge >= 0.3 is 5.63 Å². The van der Waals surface area contributed by atoms with E-state index < -0.39 is 5.63 Å². The number of amides is 1. The average Bonchev–Trinajstić information content (AvgIpc) is 3.29. The van der Waals surface area contributed by atoms with Crippen molar-refractivity contribution >= 4 is 22.6 Å². The molecule has 0 spiro atoms. The smallest absolute Gasteiger partial charge is 0.362 e. The van der Waals surface area contributed by atoms with E-state index in [4.69, 9.17) is 9.15 Å². The van der Waals surface area contributed by atoms with Gasteiger partial charge < -0.3 is 14.1 Å².